The average Bonchev–Trinajstić information content (AvgIpc) is 2.73. The minimum absolute atomic E-state index is 0.0374. The molecule has 0 unspecified atom stereocenters. The van der Waals surface area contributed by atoms with Crippen LogP contribution in [-0.2, 0) is 19.1 Å². The SMILES string of the molecule is O=C(O)CCOCCOCCNC(=O)c1ccc(N2CC(N3CCC(=O)NC3=O)C2)nc1. The Morgan fingerprint density at radius 3 is 2.56 bits per heavy atom. The summed E-state index contributed by atoms with van der Waals surface area (Å²) in [5.74, 6) is -0.694. The zero-order chi connectivity index (χ0) is 22.9. The Morgan fingerprint density at radius 2 is 1.91 bits per heavy atom. The number of aromatic nitrogens is 1. The van der Waals surface area contributed by atoms with E-state index in [-0.39, 0.29) is 36.9 Å². The van der Waals surface area contributed by atoms with Gasteiger partial charge in [-0.3, -0.25) is 19.7 Å². The van der Waals surface area contributed by atoms with Crippen molar-refractivity contribution >= 4 is 29.6 Å². The highest BCUT2D eigenvalue weighted by Crippen LogP contribution is 2.23. The summed E-state index contributed by atoms with van der Waals surface area (Å²) in [5.41, 5.74) is 0.428. The number of anilines is 1. The number of amides is 4. The van der Waals surface area contributed by atoms with Crippen molar-refractivity contribution in [2.45, 2.75) is 18.9 Å². The Hall–Kier alpha value is -3.25. The highest BCUT2D eigenvalue weighted by atomic mass is 16.5. The highest BCUT2D eigenvalue weighted by Gasteiger charge is 2.37. The molecule has 12 nitrogen and oxygen atoms in total. The van der Waals surface area contributed by atoms with Gasteiger partial charge in [0.1, 0.15) is 5.82 Å². The molecule has 2 fully saturated rings. The summed E-state index contributed by atoms with van der Waals surface area (Å²) in [6, 6.07) is 3.14. The van der Waals surface area contributed by atoms with Crippen molar-refractivity contribution in [3.05, 3.63) is 23.9 Å². The number of carboxylic acid groups (broad SMARTS) is 1. The predicted octanol–water partition coefficient (Wildman–Crippen LogP) is -0.550. The lowest BCUT2D eigenvalue weighted by Gasteiger charge is -2.46. The maximum atomic E-state index is 12.2. The van der Waals surface area contributed by atoms with Gasteiger partial charge in [-0.2, -0.15) is 0 Å². The fraction of sp³-hybridized carbons (Fsp3) is 0.550. The molecule has 1 aromatic heterocycles. The molecule has 0 aromatic carbocycles. The first kappa shape index (κ1) is 23.4. The molecule has 0 aliphatic carbocycles. The van der Waals surface area contributed by atoms with E-state index in [4.69, 9.17) is 14.6 Å². The molecule has 2 aliphatic rings. The topological polar surface area (TPSA) is 150 Å². The van der Waals surface area contributed by atoms with Crippen molar-refractivity contribution in [1.29, 1.82) is 0 Å². The van der Waals surface area contributed by atoms with E-state index in [1.165, 1.54) is 6.20 Å². The first-order valence-electron chi connectivity index (χ1n) is 10.4. The third kappa shape index (κ3) is 6.62. The number of pyridine rings is 1. The van der Waals surface area contributed by atoms with Gasteiger partial charge in [-0.25, -0.2) is 9.78 Å². The van der Waals surface area contributed by atoms with Crippen LogP contribution >= 0.6 is 0 Å². The number of imide groups is 1. The van der Waals surface area contributed by atoms with Gasteiger partial charge < -0.3 is 29.7 Å². The molecule has 0 atom stereocenters. The quantitative estimate of drug-likeness (QED) is 0.357. The second-order valence-corrected chi connectivity index (χ2v) is 7.38. The van der Waals surface area contributed by atoms with Crippen molar-refractivity contribution in [3.8, 4) is 0 Å². The lowest BCUT2D eigenvalue weighted by molar-refractivity contribution is -0.138. The van der Waals surface area contributed by atoms with Gasteiger partial charge in [-0.15, -0.1) is 0 Å². The number of carboxylic acids is 1. The average molecular weight is 449 g/mol. The predicted molar refractivity (Wildman–Crippen MR) is 111 cm³/mol. The zero-order valence-corrected chi connectivity index (χ0v) is 17.6. The molecule has 0 bridgehead atoms. The Balaban J connectivity index is 1.30. The van der Waals surface area contributed by atoms with Gasteiger partial charge in [-0.1, -0.05) is 0 Å². The molecule has 0 spiro atoms. The van der Waals surface area contributed by atoms with Crippen LogP contribution in [0.5, 0.6) is 0 Å². The molecule has 32 heavy (non-hydrogen) atoms. The van der Waals surface area contributed by atoms with Crippen molar-refractivity contribution < 1.29 is 33.8 Å². The Bertz CT molecular complexity index is 826. The molecule has 2 aliphatic heterocycles. The second kappa shape index (κ2) is 11.4. The summed E-state index contributed by atoms with van der Waals surface area (Å²) in [4.78, 5) is 53.7. The summed E-state index contributed by atoms with van der Waals surface area (Å²) in [5, 5.41) is 13.5. The Labute approximate surface area is 184 Å². The van der Waals surface area contributed by atoms with Gasteiger partial charge in [0.05, 0.1) is 44.5 Å². The molecule has 3 N–H and O–H groups in total. The largest absolute Gasteiger partial charge is 0.481 e. The standard InChI is InChI=1S/C20H27N5O7/c26-17-3-6-25(20(30)23-17)15-12-24(13-15)16-2-1-14(11-22-16)19(29)21-5-8-32-10-9-31-7-4-18(27)28/h1-2,11,15H,3-10,12-13H2,(H,21,29)(H,27,28)(H,23,26,30). The molecule has 174 valence electrons. The van der Waals surface area contributed by atoms with E-state index in [1.807, 2.05) is 4.90 Å². The minimum Gasteiger partial charge on any atom is -0.481 e. The number of nitrogens with zero attached hydrogens (tertiary/aromatic N) is 3. The molecule has 3 rings (SSSR count). The molecular formula is C20H27N5O7. The van der Waals surface area contributed by atoms with Gasteiger partial charge in [-0.05, 0) is 12.1 Å². The first-order valence-corrected chi connectivity index (χ1v) is 10.4. The van der Waals surface area contributed by atoms with Crippen molar-refractivity contribution in [2.24, 2.45) is 0 Å². The number of rotatable bonds is 12. The van der Waals surface area contributed by atoms with Gasteiger partial charge in [0, 0.05) is 38.8 Å². The van der Waals surface area contributed by atoms with Gasteiger partial charge >= 0.3 is 12.0 Å². The van der Waals surface area contributed by atoms with Crippen LogP contribution in [0.4, 0.5) is 10.6 Å². The number of aliphatic carboxylic acids is 1. The number of hydrogen-bond acceptors (Lipinski definition) is 8. The number of ether oxygens (including phenoxy) is 2. The number of nitrogens with one attached hydrogen (secondary N) is 2. The number of carbonyl (C=O) groups is 4. The normalized spacial score (nSPS) is 16.5. The third-order valence-corrected chi connectivity index (χ3v) is 5.09. The molecule has 0 saturated carbocycles. The van der Waals surface area contributed by atoms with Crippen molar-refractivity contribution in [3.63, 3.8) is 0 Å². The van der Waals surface area contributed by atoms with Crippen LogP contribution in [0.25, 0.3) is 0 Å². The fourth-order valence-corrected chi connectivity index (χ4v) is 3.29. The molecule has 0 radical (unpaired) electrons. The van der Waals surface area contributed by atoms with Crippen LogP contribution in [0, 0.1) is 0 Å². The number of carbonyl (C=O) groups excluding carboxylic acids is 3. The van der Waals surface area contributed by atoms with E-state index < -0.39 is 5.97 Å². The van der Waals surface area contributed by atoms with Crippen molar-refractivity contribution in [2.75, 3.05) is 57.5 Å². The second-order valence-electron chi connectivity index (χ2n) is 7.38. The van der Waals surface area contributed by atoms with Gasteiger partial charge in [0.2, 0.25) is 5.91 Å². The maximum absolute atomic E-state index is 12.2. The van der Waals surface area contributed by atoms with Gasteiger partial charge in [0.25, 0.3) is 5.91 Å². The van der Waals surface area contributed by atoms with E-state index in [1.54, 1.807) is 17.0 Å². The summed E-state index contributed by atoms with van der Waals surface area (Å²) in [6.45, 7) is 3.06. The molecule has 3 heterocycles. The lowest BCUT2D eigenvalue weighted by atomic mass is 10.1. The van der Waals surface area contributed by atoms with Crippen LogP contribution in [0.1, 0.15) is 23.2 Å². The molecule has 12 heteroatoms. The molecule has 2 saturated heterocycles. The maximum Gasteiger partial charge on any atom is 0.324 e. The Morgan fingerprint density at radius 1 is 1.16 bits per heavy atom. The first-order chi connectivity index (χ1) is 15.4. The monoisotopic (exact) mass is 449 g/mol. The van der Waals surface area contributed by atoms with E-state index in [0.29, 0.717) is 58.0 Å². The fourth-order valence-electron chi connectivity index (χ4n) is 3.29. The van der Waals surface area contributed by atoms with E-state index in [9.17, 15) is 19.2 Å². The summed E-state index contributed by atoms with van der Waals surface area (Å²) in [7, 11) is 0. The summed E-state index contributed by atoms with van der Waals surface area (Å²) in [6.07, 6.45) is 1.77. The highest BCUT2D eigenvalue weighted by molar-refractivity contribution is 5.97. The smallest absolute Gasteiger partial charge is 0.324 e. The number of urea groups is 1. The van der Waals surface area contributed by atoms with Crippen LogP contribution in [-0.4, -0.2) is 97.5 Å². The molecule has 1 aromatic rings. The lowest BCUT2D eigenvalue weighted by Crippen LogP contribution is -2.65. The van der Waals surface area contributed by atoms with Crippen LogP contribution in [0.3, 0.4) is 0 Å². The zero-order valence-electron chi connectivity index (χ0n) is 17.6. The third-order valence-electron chi connectivity index (χ3n) is 5.09. The minimum atomic E-state index is -0.907. The van der Waals surface area contributed by atoms with E-state index in [2.05, 4.69) is 15.6 Å². The Kier molecular flexibility index (Phi) is 8.34. The van der Waals surface area contributed by atoms with Gasteiger partial charge in [0.15, 0.2) is 0 Å². The van der Waals surface area contributed by atoms with Crippen molar-refractivity contribution in [1.82, 2.24) is 20.5 Å². The summed E-state index contributed by atoms with van der Waals surface area (Å²) < 4.78 is 10.4. The molecule has 4 amide bonds. The number of hydrogen-bond donors (Lipinski definition) is 3. The van der Waals surface area contributed by atoms with Crippen LogP contribution < -0.4 is 15.5 Å². The van der Waals surface area contributed by atoms with E-state index in [0.717, 1.165) is 5.82 Å². The van der Waals surface area contributed by atoms with Crippen LogP contribution in [0.15, 0.2) is 18.3 Å². The van der Waals surface area contributed by atoms with E-state index >= 15 is 0 Å². The molecular weight excluding hydrogens is 422 g/mol. The summed E-state index contributed by atoms with van der Waals surface area (Å²) >= 11 is 0. The van der Waals surface area contributed by atoms with Crippen LogP contribution in [0.2, 0.25) is 0 Å².